The highest BCUT2D eigenvalue weighted by atomic mass is 32.1. The Morgan fingerprint density at radius 1 is 1.15 bits per heavy atom. The van der Waals surface area contributed by atoms with Gasteiger partial charge in [0.05, 0.1) is 10.3 Å². The number of nitrogens with zero attached hydrogens (tertiary/aromatic N) is 6. The number of thiophene rings is 1. The van der Waals surface area contributed by atoms with Gasteiger partial charge in [-0.15, -0.1) is 11.3 Å². The van der Waals surface area contributed by atoms with Gasteiger partial charge in [0.25, 0.3) is 0 Å². The zero-order valence-corrected chi connectivity index (χ0v) is 20.7. The Bertz CT molecular complexity index is 1300. The molecular weight excluding hydrogens is 450 g/mol. The number of hydrogen-bond donors (Lipinski definition) is 3. The van der Waals surface area contributed by atoms with Crippen LogP contribution in [0.2, 0.25) is 0 Å². The summed E-state index contributed by atoms with van der Waals surface area (Å²) in [6, 6.07) is 2.45. The number of rotatable bonds is 7. The van der Waals surface area contributed by atoms with Crippen LogP contribution in [-0.4, -0.2) is 58.8 Å². The molecule has 3 N–H and O–H groups in total. The fourth-order valence-corrected chi connectivity index (χ4v) is 6.03. The highest BCUT2D eigenvalue weighted by Gasteiger charge is 2.34. The van der Waals surface area contributed by atoms with E-state index in [2.05, 4.69) is 31.1 Å². The molecule has 4 aromatic heterocycles. The lowest BCUT2D eigenvalue weighted by molar-refractivity contribution is 0.141. The molecule has 4 aromatic rings. The fourth-order valence-electron chi connectivity index (χ4n) is 4.89. The molecule has 0 unspecified atom stereocenters. The summed E-state index contributed by atoms with van der Waals surface area (Å²) in [6.07, 6.45) is 7.22. The molecule has 1 aliphatic carbocycles. The van der Waals surface area contributed by atoms with Gasteiger partial charge in [0.1, 0.15) is 16.3 Å². The van der Waals surface area contributed by atoms with E-state index in [1.165, 1.54) is 0 Å². The first kappa shape index (κ1) is 22.9. The molecule has 9 nitrogen and oxygen atoms in total. The van der Waals surface area contributed by atoms with Gasteiger partial charge in [0.2, 0.25) is 0 Å². The normalized spacial score (nSPS) is 19.0. The number of imidazole rings is 1. The molecule has 4 heterocycles. The Kier molecular flexibility index (Phi) is 6.13. The van der Waals surface area contributed by atoms with E-state index in [1.807, 2.05) is 34.8 Å². The van der Waals surface area contributed by atoms with Crippen LogP contribution in [0.4, 0.5) is 5.82 Å². The van der Waals surface area contributed by atoms with E-state index in [9.17, 15) is 10.2 Å². The molecule has 0 spiro atoms. The van der Waals surface area contributed by atoms with Crippen LogP contribution in [0.1, 0.15) is 38.3 Å². The third-order valence-electron chi connectivity index (χ3n) is 6.83. The highest BCUT2D eigenvalue weighted by molar-refractivity contribution is 7.22. The van der Waals surface area contributed by atoms with Crippen LogP contribution in [0.25, 0.3) is 32.4 Å². The van der Waals surface area contributed by atoms with E-state index in [0.717, 1.165) is 45.0 Å². The standard InChI is InChI=1S/C24H31N7O2S/c1-13(2)31-7-5-18(29-31)20-14(3)19-21(26-17-9-15(11-32)16(10-17)12-33)27-22(28-24(19)34-20)23-25-6-8-30(23)4/h5-8,13,15-17,32-33H,9-12H2,1-4H3,(H,26,27,28)/t15-,16-/m1/s1. The maximum Gasteiger partial charge on any atom is 0.199 e. The first-order valence-electron chi connectivity index (χ1n) is 11.7. The number of anilines is 1. The van der Waals surface area contributed by atoms with Crippen LogP contribution in [0.5, 0.6) is 0 Å². The summed E-state index contributed by atoms with van der Waals surface area (Å²) in [4.78, 5) is 16.2. The van der Waals surface area contributed by atoms with E-state index >= 15 is 0 Å². The molecule has 0 radical (unpaired) electrons. The van der Waals surface area contributed by atoms with E-state index in [0.29, 0.717) is 11.6 Å². The van der Waals surface area contributed by atoms with Crippen molar-refractivity contribution in [2.75, 3.05) is 18.5 Å². The zero-order valence-electron chi connectivity index (χ0n) is 19.9. The summed E-state index contributed by atoms with van der Waals surface area (Å²) in [5.41, 5.74) is 2.03. The van der Waals surface area contributed by atoms with Gasteiger partial charge in [0.15, 0.2) is 11.6 Å². The predicted octanol–water partition coefficient (Wildman–Crippen LogP) is 3.64. The van der Waals surface area contributed by atoms with Crippen molar-refractivity contribution in [2.24, 2.45) is 18.9 Å². The number of nitrogens with one attached hydrogen (secondary N) is 1. The number of aromatic nitrogens is 6. The van der Waals surface area contributed by atoms with Gasteiger partial charge in [-0.1, -0.05) is 0 Å². The summed E-state index contributed by atoms with van der Waals surface area (Å²) < 4.78 is 3.88. The van der Waals surface area contributed by atoms with Crippen molar-refractivity contribution in [1.29, 1.82) is 0 Å². The summed E-state index contributed by atoms with van der Waals surface area (Å²) in [5.74, 6) is 2.22. The second kappa shape index (κ2) is 9.09. The first-order chi connectivity index (χ1) is 16.4. The van der Waals surface area contributed by atoms with E-state index in [1.54, 1.807) is 17.5 Å². The molecule has 1 saturated carbocycles. The molecule has 0 amide bonds. The fraction of sp³-hybridized carbons (Fsp3) is 0.500. The van der Waals surface area contributed by atoms with Crippen LogP contribution in [0.3, 0.4) is 0 Å². The van der Waals surface area contributed by atoms with E-state index < -0.39 is 0 Å². The number of aliphatic hydroxyl groups is 2. The average molecular weight is 482 g/mol. The summed E-state index contributed by atoms with van der Waals surface area (Å²) in [7, 11) is 1.93. The molecule has 0 aliphatic heterocycles. The SMILES string of the molecule is Cc1c(-c2ccn(C(C)C)n2)sc2nc(-c3nccn3C)nc(NC3C[C@H](CO)[C@@H](CO)C3)c12. The van der Waals surface area contributed by atoms with Crippen LogP contribution >= 0.6 is 11.3 Å². The Morgan fingerprint density at radius 2 is 1.88 bits per heavy atom. The van der Waals surface area contributed by atoms with Crippen molar-refractivity contribution < 1.29 is 10.2 Å². The summed E-state index contributed by atoms with van der Waals surface area (Å²) in [6.45, 7) is 6.49. The maximum atomic E-state index is 9.75. The molecule has 180 valence electrons. The zero-order chi connectivity index (χ0) is 24.0. The van der Waals surface area contributed by atoms with E-state index in [4.69, 9.17) is 15.1 Å². The van der Waals surface area contributed by atoms with Crippen LogP contribution in [-0.2, 0) is 7.05 Å². The molecule has 2 atom stereocenters. The highest BCUT2D eigenvalue weighted by Crippen LogP contribution is 2.42. The largest absolute Gasteiger partial charge is 0.396 e. The van der Waals surface area contributed by atoms with Crippen molar-refractivity contribution in [1.82, 2.24) is 29.3 Å². The minimum absolute atomic E-state index is 0.0846. The summed E-state index contributed by atoms with van der Waals surface area (Å²) in [5, 5.41) is 28.9. The second-order valence-corrected chi connectivity index (χ2v) is 10.5. The van der Waals surface area contributed by atoms with E-state index in [-0.39, 0.29) is 37.1 Å². The number of aliphatic hydroxyl groups excluding tert-OH is 2. The lowest BCUT2D eigenvalue weighted by Gasteiger charge is -2.15. The van der Waals surface area contributed by atoms with Gasteiger partial charge < -0.3 is 20.1 Å². The monoisotopic (exact) mass is 481 g/mol. The Hall–Kier alpha value is -2.82. The van der Waals surface area contributed by atoms with Gasteiger partial charge in [0, 0.05) is 50.9 Å². The van der Waals surface area contributed by atoms with Crippen molar-refractivity contribution >= 4 is 27.4 Å². The van der Waals surface area contributed by atoms with Gasteiger partial charge in [-0.3, -0.25) is 4.68 Å². The van der Waals surface area contributed by atoms with Gasteiger partial charge in [-0.25, -0.2) is 15.0 Å². The van der Waals surface area contributed by atoms with Gasteiger partial charge >= 0.3 is 0 Å². The Morgan fingerprint density at radius 3 is 2.47 bits per heavy atom. The summed E-state index contributed by atoms with van der Waals surface area (Å²) >= 11 is 1.62. The number of hydrogen-bond acceptors (Lipinski definition) is 8. The lowest BCUT2D eigenvalue weighted by atomic mass is 9.98. The smallest absolute Gasteiger partial charge is 0.199 e. The molecule has 0 saturated heterocycles. The molecule has 0 aromatic carbocycles. The van der Waals surface area contributed by atoms with Crippen LogP contribution in [0, 0.1) is 18.8 Å². The van der Waals surface area contributed by atoms with Crippen LogP contribution < -0.4 is 5.32 Å². The molecule has 5 rings (SSSR count). The van der Waals surface area contributed by atoms with Crippen molar-refractivity contribution in [3.63, 3.8) is 0 Å². The van der Waals surface area contributed by atoms with Gasteiger partial charge in [-0.05, 0) is 57.1 Å². The average Bonchev–Trinajstić information content (AvgIpc) is 3.59. The topological polar surface area (TPSA) is 114 Å². The van der Waals surface area contributed by atoms with Crippen molar-refractivity contribution in [3.05, 3.63) is 30.2 Å². The van der Waals surface area contributed by atoms with Crippen LogP contribution in [0.15, 0.2) is 24.7 Å². The molecule has 1 aliphatic rings. The van der Waals surface area contributed by atoms with Crippen molar-refractivity contribution in [3.8, 4) is 22.2 Å². The number of aryl methyl sites for hydroxylation is 2. The second-order valence-electron chi connectivity index (χ2n) is 9.47. The number of fused-ring (bicyclic) bond motifs is 1. The molecule has 10 heteroatoms. The predicted molar refractivity (Wildman–Crippen MR) is 134 cm³/mol. The third kappa shape index (κ3) is 3.99. The quantitative estimate of drug-likeness (QED) is 0.369. The third-order valence-corrected chi connectivity index (χ3v) is 8.04. The minimum Gasteiger partial charge on any atom is -0.396 e. The first-order valence-corrected chi connectivity index (χ1v) is 12.5. The maximum absolute atomic E-state index is 9.75. The lowest BCUT2D eigenvalue weighted by Crippen LogP contribution is -2.18. The minimum atomic E-state index is 0.0846. The Balaban J connectivity index is 1.61. The molecule has 34 heavy (non-hydrogen) atoms. The molecule has 0 bridgehead atoms. The molecule has 1 fully saturated rings. The Labute approximate surface area is 202 Å². The van der Waals surface area contributed by atoms with Gasteiger partial charge in [-0.2, -0.15) is 5.10 Å². The van der Waals surface area contributed by atoms with Crippen molar-refractivity contribution in [2.45, 2.75) is 45.7 Å². The molecular formula is C24H31N7O2S.